The maximum absolute atomic E-state index is 5.74. The molecule has 0 aliphatic carbocycles. The van der Waals surface area contributed by atoms with Crippen LogP contribution in [0.15, 0.2) is 0 Å². The van der Waals surface area contributed by atoms with Gasteiger partial charge < -0.3 is 19.9 Å². The molecule has 2 atom stereocenters. The van der Waals surface area contributed by atoms with E-state index in [4.69, 9.17) is 4.74 Å². The van der Waals surface area contributed by atoms with E-state index in [9.17, 15) is 0 Å². The standard InChI is InChI=1S/C13H29N3O/c1-5-16(6-2)10-12(3)14-9-13-11-15(4)7-8-17-13/h12-14H,5-11H2,1-4H3. The Morgan fingerprint density at radius 1 is 1.41 bits per heavy atom. The number of likely N-dealkylation sites (N-methyl/N-ethyl adjacent to an activating group) is 2. The van der Waals surface area contributed by atoms with Crippen molar-refractivity contribution in [1.29, 1.82) is 0 Å². The Kier molecular flexibility index (Phi) is 7.04. The molecular weight excluding hydrogens is 214 g/mol. The van der Waals surface area contributed by atoms with E-state index in [1.54, 1.807) is 0 Å². The van der Waals surface area contributed by atoms with Crippen molar-refractivity contribution in [3.8, 4) is 0 Å². The van der Waals surface area contributed by atoms with E-state index in [-0.39, 0.29) is 0 Å². The lowest BCUT2D eigenvalue weighted by Crippen LogP contribution is -2.48. The van der Waals surface area contributed by atoms with Crippen LogP contribution in [0.3, 0.4) is 0 Å². The number of nitrogens with one attached hydrogen (secondary N) is 1. The molecule has 0 radical (unpaired) electrons. The van der Waals surface area contributed by atoms with Gasteiger partial charge in [0.1, 0.15) is 0 Å². The molecule has 17 heavy (non-hydrogen) atoms. The van der Waals surface area contributed by atoms with Gasteiger partial charge in [-0.3, -0.25) is 0 Å². The van der Waals surface area contributed by atoms with Crippen LogP contribution in [0, 0.1) is 0 Å². The average molecular weight is 243 g/mol. The summed E-state index contributed by atoms with van der Waals surface area (Å²) in [7, 11) is 2.16. The number of morpholine rings is 1. The number of hydrogen-bond acceptors (Lipinski definition) is 4. The van der Waals surface area contributed by atoms with Crippen LogP contribution >= 0.6 is 0 Å². The molecule has 1 rings (SSSR count). The summed E-state index contributed by atoms with van der Waals surface area (Å²) in [4.78, 5) is 4.79. The van der Waals surface area contributed by atoms with E-state index in [1.807, 2.05) is 0 Å². The summed E-state index contributed by atoms with van der Waals surface area (Å²) >= 11 is 0. The van der Waals surface area contributed by atoms with E-state index >= 15 is 0 Å². The zero-order valence-corrected chi connectivity index (χ0v) is 11.9. The second kappa shape index (κ2) is 8.03. The molecule has 0 saturated carbocycles. The second-order valence-corrected chi connectivity index (χ2v) is 5.05. The van der Waals surface area contributed by atoms with Crippen molar-refractivity contribution in [3.05, 3.63) is 0 Å². The Balaban J connectivity index is 2.16. The average Bonchev–Trinajstić information content (AvgIpc) is 2.33. The highest BCUT2D eigenvalue weighted by atomic mass is 16.5. The zero-order valence-electron chi connectivity index (χ0n) is 11.9. The first-order chi connectivity index (χ1) is 8.15. The normalized spacial score (nSPS) is 24.2. The molecule has 0 aromatic rings. The summed E-state index contributed by atoms with van der Waals surface area (Å²) in [6.07, 6.45) is 0.355. The van der Waals surface area contributed by atoms with Gasteiger partial charge in [-0.1, -0.05) is 13.8 Å². The fraction of sp³-hybridized carbons (Fsp3) is 1.00. The molecule has 1 N–H and O–H groups in total. The van der Waals surface area contributed by atoms with Crippen molar-refractivity contribution in [2.75, 3.05) is 52.9 Å². The van der Waals surface area contributed by atoms with Gasteiger partial charge in [0.05, 0.1) is 12.7 Å². The molecule has 2 unspecified atom stereocenters. The quantitative estimate of drug-likeness (QED) is 0.710. The van der Waals surface area contributed by atoms with Crippen LogP contribution in [-0.2, 0) is 4.74 Å². The lowest BCUT2D eigenvalue weighted by Gasteiger charge is -2.31. The van der Waals surface area contributed by atoms with Crippen LogP contribution in [0.2, 0.25) is 0 Å². The van der Waals surface area contributed by atoms with Gasteiger partial charge in [-0.2, -0.15) is 0 Å². The van der Waals surface area contributed by atoms with Gasteiger partial charge in [-0.05, 0) is 27.1 Å². The van der Waals surface area contributed by atoms with Gasteiger partial charge in [-0.15, -0.1) is 0 Å². The van der Waals surface area contributed by atoms with Crippen LogP contribution < -0.4 is 5.32 Å². The SMILES string of the molecule is CCN(CC)CC(C)NCC1CN(C)CCO1. The Morgan fingerprint density at radius 3 is 2.71 bits per heavy atom. The third-order valence-corrected chi connectivity index (χ3v) is 3.46. The summed E-state index contributed by atoms with van der Waals surface area (Å²) in [6.45, 7) is 14.0. The maximum atomic E-state index is 5.74. The van der Waals surface area contributed by atoms with E-state index in [0.29, 0.717) is 12.1 Å². The molecule has 1 heterocycles. The van der Waals surface area contributed by atoms with E-state index in [0.717, 1.165) is 45.9 Å². The lowest BCUT2D eigenvalue weighted by molar-refractivity contribution is -0.0194. The first kappa shape index (κ1) is 14.9. The first-order valence-corrected chi connectivity index (χ1v) is 6.91. The Hall–Kier alpha value is -0.160. The minimum atomic E-state index is 0.355. The molecule has 1 fully saturated rings. The highest BCUT2D eigenvalue weighted by Crippen LogP contribution is 2.02. The van der Waals surface area contributed by atoms with Crippen molar-refractivity contribution in [3.63, 3.8) is 0 Å². The largest absolute Gasteiger partial charge is 0.374 e. The molecule has 0 aromatic heterocycles. The first-order valence-electron chi connectivity index (χ1n) is 6.91. The van der Waals surface area contributed by atoms with Gasteiger partial charge in [-0.25, -0.2) is 0 Å². The van der Waals surface area contributed by atoms with Gasteiger partial charge in [0, 0.05) is 32.2 Å². The van der Waals surface area contributed by atoms with Crippen molar-refractivity contribution < 1.29 is 4.74 Å². The van der Waals surface area contributed by atoms with Crippen molar-refractivity contribution in [2.24, 2.45) is 0 Å². The Bertz CT molecular complexity index is 197. The number of nitrogens with zero attached hydrogens (tertiary/aromatic N) is 2. The monoisotopic (exact) mass is 243 g/mol. The number of rotatable bonds is 7. The fourth-order valence-electron chi connectivity index (χ4n) is 2.26. The predicted octanol–water partition coefficient (Wildman–Crippen LogP) is 0.637. The van der Waals surface area contributed by atoms with Crippen molar-refractivity contribution >= 4 is 0 Å². The molecule has 0 aromatic carbocycles. The maximum Gasteiger partial charge on any atom is 0.0826 e. The topological polar surface area (TPSA) is 27.7 Å². The van der Waals surface area contributed by atoms with Crippen LogP contribution in [0.25, 0.3) is 0 Å². The Morgan fingerprint density at radius 2 is 2.12 bits per heavy atom. The Labute approximate surface area is 106 Å². The van der Waals surface area contributed by atoms with Gasteiger partial charge in [0.15, 0.2) is 0 Å². The minimum absolute atomic E-state index is 0.355. The van der Waals surface area contributed by atoms with Crippen LogP contribution in [0.5, 0.6) is 0 Å². The van der Waals surface area contributed by atoms with Gasteiger partial charge in [0.2, 0.25) is 0 Å². The van der Waals surface area contributed by atoms with Crippen LogP contribution in [0.4, 0.5) is 0 Å². The predicted molar refractivity (Wildman–Crippen MR) is 72.5 cm³/mol. The highest BCUT2D eigenvalue weighted by molar-refractivity contribution is 4.74. The van der Waals surface area contributed by atoms with Crippen molar-refractivity contribution in [2.45, 2.75) is 32.9 Å². The molecule has 1 aliphatic rings. The van der Waals surface area contributed by atoms with Crippen molar-refractivity contribution in [1.82, 2.24) is 15.1 Å². The zero-order chi connectivity index (χ0) is 12.7. The molecule has 0 spiro atoms. The van der Waals surface area contributed by atoms with E-state index in [2.05, 4.69) is 42.9 Å². The van der Waals surface area contributed by atoms with E-state index in [1.165, 1.54) is 0 Å². The molecule has 1 aliphatic heterocycles. The molecule has 102 valence electrons. The van der Waals surface area contributed by atoms with Crippen LogP contribution in [-0.4, -0.2) is 74.9 Å². The number of ether oxygens (including phenoxy) is 1. The summed E-state index contributed by atoms with van der Waals surface area (Å²) in [5, 5.41) is 3.58. The van der Waals surface area contributed by atoms with Gasteiger partial charge in [0.25, 0.3) is 0 Å². The van der Waals surface area contributed by atoms with Crippen LogP contribution in [0.1, 0.15) is 20.8 Å². The summed E-state index contributed by atoms with van der Waals surface area (Å²) in [6, 6.07) is 0.533. The fourth-order valence-corrected chi connectivity index (χ4v) is 2.26. The summed E-state index contributed by atoms with van der Waals surface area (Å²) in [5.74, 6) is 0. The summed E-state index contributed by atoms with van der Waals surface area (Å²) < 4.78 is 5.74. The van der Waals surface area contributed by atoms with E-state index < -0.39 is 0 Å². The highest BCUT2D eigenvalue weighted by Gasteiger charge is 2.18. The molecule has 4 nitrogen and oxygen atoms in total. The molecule has 0 amide bonds. The lowest BCUT2D eigenvalue weighted by atomic mass is 10.2. The molecular formula is C13H29N3O. The third kappa shape index (κ3) is 5.82. The van der Waals surface area contributed by atoms with Gasteiger partial charge >= 0.3 is 0 Å². The number of hydrogen-bond donors (Lipinski definition) is 1. The summed E-state index contributed by atoms with van der Waals surface area (Å²) in [5.41, 5.74) is 0. The second-order valence-electron chi connectivity index (χ2n) is 5.05. The third-order valence-electron chi connectivity index (χ3n) is 3.46. The smallest absolute Gasteiger partial charge is 0.0826 e. The molecule has 1 saturated heterocycles. The minimum Gasteiger partial charge on any atom is -0.374 e. The molecule has 4 heteroatoms. The molecule has 0 bridgehead atoms.